The molecule has 3 nitrogen and oxygen atoms in total. The lowest BCUT2D eigenvalue weighted by molar-refractivity contribution is 0.159. The van der Waals surface area contributed by atoms with Gasteiger partial charge >= 0.3 is 0 Å². The van der Waals surface area contributed by atoms with E-state index in [0.717, 1.165) is 25.1 Å². The summed E-state index contributed by atoms with van der Waals surface area (Å²) in [6.07, 6.45) is 0.826. The molecule has 0 aliphatic rings. The van der Waals surface area contributed by atoms with E-state index in [1.54, 1.807) is 6.07 Å². The van der Waals surface area contributed by atoms with Gasteiger partial charge in [-0.2, -0.15) is 0 Å². The van der Waals surface area contributed by atoms with Crippen LogP contribution in [0.4, 0.5) is 4.39 Å². The van der Waals surface area contributed by atoms with Gasteiger partial charge in [-0.05, 0) is 32.9 Å². The third-order valence-corrected chi connectivity index (χ3v) is 3.55. The zero-order valence-electron chi connectivity index (χ0n) is 12.8. The van der Waals surface area contributed by atoms with Crippen LogP contribution in [0.2, 0.25) is 0 Å². The first-order valence-electron chi connectivity index (χ1n) is 7.42. The van der Waals surface area contributed by atoms with Crippen LogP contribution in [-0.4, -0.2) is 42.3 Å². The summed E-state index contributed by atoms with van der Waals surface area (Å²) in [6, 6.07) is 7.33. The van der Waals surface area contributed by atoms with Crippen molar-refractivity contribution < 1.29 is 9.50 Å². The molecule has 1 rings (SSSR count). The predicted molar refractivity (Wildman–Crippen MR) is 81.2 cm³/mol. The first-order chi connectivity index (χ1) is 9.60. The van der Waals surface area contributed by atoms with Gasteiger partial charge in [-0.25, -0.2) is 4.39 Å². The molecule has 0 aliphatic carbocycles. The van der Waals surface area contributed by atoms with E-state index >= 15 is 0 Å². The molecule has 1 atom stereocenters. The maximum Gasteiger partial charge on any atom is 0.127 e. The summed E-state index contributed by atoms with van der Waals surface area (Å²) >= 11 is 0. The van der Waals surface area contributed by atoms with E-state index in [0.29, 0.717) is 12.6 Å². The number of aliphatic hydroxyl groups is 1. The van der Waals surface area contributed by atoms with Gasteiger partial charge in [-0.1, -0.05) is 25.1 Å². The predicted octanol–water partition coefficient (Wildman–Crippen LogP) is 2.57. The Kier molecular flexibility index (Phi) is 7.73. The Morgan fingerprint density at radius 1 is 1.25 bits per heavy atom. The summed E-state index contributed by atoms with van der Waals surface area (Å²) in [5, 5.41) is 12.4. The number of benzene rings is 1. The molecule has 0 aromatic heterocycles. The maximum atomic E-state index is 13.9. The molecule has 0 saturated heterocycles. The molecule has 20 heavy (non-hydrogen) atoms. The highest BCUT2D eigenvalue weighted by atomic mass is 19.1. The molecule has 0 radical (unpaired) electrons. The second-order valence-electron chi connectivity index (χ2n) is 5.27. The molecule has 0 heterocycles. The van der Waals surface area contributed by atoms with Crippen LogP contribution in [0.25, 0.3) is 0 Å². The minimum absolute atomic E-state index is 0.0149. The van der Waals surface area contributed by atoms with Crippen molar-refractivity contribution in [3.05, 3.63) is 35.6 Å². The van der Waals surface area contributed by atoms with Gasteiger partial charge in [0.2, 0.25) is 0 Å². The summed E-state index contributed by atoms with van der Waals surface area (Å²) in [6.45, 7) is 8.71. The largest absolute Gasteiger partial charge is 0.395 e. The Bertz CT molecular complexity index is 384. The molecule has 2 N–H and O–H groups in total. The number of rotatable bonds is 9. The molecular weight excluding hydrogens is 255 g/mol. The molecule has 1 unspecified atom stereocenters. The molecule has 4 heteroatoms. The number of nitrogens with one attached hydrogen (secondary N) is 1. The zero-order valence-corrected chi connectivity index (χ0v) is 12.8. The molecule has 1 aromatic carbocycles. The van der Waals surface area contributed by atoms with Crippen LogP contribution in [-0.2, 0) is 0 Å². The molecule has 0 aliphatic heterocycles. The normalized spacial score (nSPS) is 13.2. The average Bonchev–Trinajstić information content (AvgIpc) is 2.42. The van der Waals surface area contributed by atoms with E-state index in [1.807, 2.05) is 19.1 Å². The fraction of sp³-hybridized carbons (Fsp3) is 0.625. The average molecular weight is 282 g/mol. The maximum absolute atomic E-state index is 13.9. The fourth-order valence-corrected chi connectivity index (χ4v) is 2.42. The van der Waals surface area contributed by atoms with Crippen LogP contribution in [0.5, 0.6) is 0 Å². The van der Waals surface area contributed by atoms with Crippen LogP contribution in [0.1, 0.15) is 38.8 Å². The van der Waals surface area contributed by atoms with Gasteiger partial charge in [0.05, 0.1) is 6.61 Å². The summed E-state index contributed by atoms with van der Waals surface area (Å²) in [7, 11) is 0. The van der Waals surface area contributed by atoms with E-state index in [2.05, 4.69) is 24.1 Å². The highest BCUT2D eigenvalue weighted by Crippen LogP contribution is 2.20. The van der Waals surface area contributed by atoms with E-state index in [4.69, 9.17) is 5.11 Å². The third kappa shape index (κ3) is 5.19. The Labute approximate surface area is 121 Å². The number of aliphatic hydroxyl groups excluding tert-OH is 1. The van der Waals surface area contributed by atoms with E-state index in [1.165, 1.54) is 6.07 Å². The Balaban J connectivity index is 2.70. The lowest BCUT2D eigenvalue weighted by atomic mass is 10.0. The van der Waals surface area contributed by atoms with Gasteiger partial charge in [-0.15, -0.1) is 0 Å². The van der Waals surface area contributed by atoms with E-state index in [-0.39, 0.29) is 18.5 Å². The van der Waals surface area contributed by atoms with Gasteiger partial charge in [0, 0.05) is 30.7 Å². The molecule has 1 aromatic rings. The lowest BCUT2D eigenvalue weighted by Gasteiger charge is -2.28. The molecule has 0 saturated carbocycles. The van der Waals surface area contributed by atoms with Gasteiger partial charge in [-0.3, -0.25) is 4.90 Å². The van der Waals surface area contributed by atoms with E-state index in [9.17, 15) is 4.39 Å². The number of nitrogens with zero attached hydrogens (tertiary/aromatic N) is 1. The summed E-state index contributed by atoms with van der Waals surface area (Å²) in [5.74, 6) is -0.156. The van der Waals surface area contributed by atoms with Crippen molar-refractivity contribution in [2.24, 2.45) is 0 Å². The quantitative estimate of drug-likeness (QED) is 0.731. The number of hydrogen-bond acceptors (Lipinski definition) is 3. The highest BCUT2D eigenvalue weighted by Gasteiger charge is 2.17. The second-order valence-corrected chi connectivity index (χ2v) is 5.27. The van der Waals surface area contributed by atoms with Crippen molar-refractivity contribution >= 4 is 0 Å². The standard InChI is InChI=1S/C16H27FN2O/c1-4-18-16(14-7-5-6-8-15(14)17)9-10-19(11-12-20)13(2)3/h5-8,13,16,18,20H,4,9-12H2,1-3H3. The first kappa shape index (κ1) is 17.1. The second kappa shape index (κ2) is 9.06. The molecule has 114 valence electrons. The van der Waals surface area contributed by atoms with Gasteiger partial charge in [0.15, 0.2) is 0 Å². The van der Waals surface area contributed by atoms with Gasteiger partial charge in [0.1, 0.15) is 5.82 Å². The Morgan fingerprint density at radius 3 is 2.50 bits per heavy atom. The summed E-state index contributed by atoms with van der Waals surface area (Å²) < 4.78 is 13.9. The Hall–Kier alpha value is -0.970. The third-order valence-electron chi connectivity index (χ3n) is 3.55. The number of halogens is 1. The fourth-order valence-electron chi connectivity index (χ4n) is 2.42. The smallest absolute Gasteiger partial charge is 0.127 e. The summed E-state index contributed by atoms with van der Waals surface area (Å²) in [5.41, 5.74) is 0.724. The first-order valence-corrected chi connectivity index (χ1v) is 7.42. The molecule has 0 amide bonds. The van der Waals surface area contributed by atoms with Crippen molar-refractivity contribution in [2.75, 3.05) is 26.2 Å². The van der Waals surface area contributed by atoms with Crippen molar-refractivity contribution in [3.63, 3.8) is 0 Å². The highest BCUT2D eigenvalue weighted by molar-refractivity contribution is 5.21. The zero-order chi connectivity index (χ0) is 15.0. The SMILES string of the molecule is CCNC(CCN(CCO)C(C)C)c1ccccc1F. The molecule has 0 spiro atoms. The molecule has 0 fully saturated rings. The van der Waals surface area contributed by atoms with Crippen LogP contribution >= 0.6 is 0 Å². The monoisotopic (exact) mass is 282 g/mol. The topological polar surface area (TPSA) is 35.5 Å². The number of hydrogen-bond donors (Lipinski definition) is 2. The van der Waals surface area contributed by atoms with Gasteiger partial charge in [0.25, 0.3) is 0 Å². The molecule has 0 bridgehead atoms. The van der Waals surface area contributed by atoms with E-state index < -0.39 is 0 Å². The minimum Gasteiger partial charge on any atom is -0.395 e. The van der Waals surface area contributed by atoms with Crippen molar-refractivity contribution in [3.8, 4) is 0 Å². The summed E-state index contributed by atoms with van der Waals surface area (Å²) in [4.78, 5) is 2.21. The van der Waals surface area contributed by atoms with Crippen molar-refractivity contribution in [1.29, 1.82) is 0 Å². The van der Waals surface area contributed by atoms with Crippen molar-refractivity contribution in [1.82, 2.24) is 10.2 Å². The Morgan fingerprint density at radius 2 is 1.95 bits per heavy atom. The van der Waals surface area contributed by atoms with Gasteiger partial charge < -0.3 is 10.4 Å². The van der Waals surface area contributed by atoms with Crippen LogP contribution in [0, 0.1) is 5.82 Å². The van der Waals surface area contributed by atoms with Crippen LogP contribution < -0.4 is 5.32 Å². The minimum atomic E-state index is -0.156. The van der Waals surface area contributed by atoms with Crippen LogP contribution in [0.3, 0.4) is 0 Å². The van der Waals surface area contributed by atoms with Crippen LogP contribution in [0.15, 0.2) is 24.3 Å². The lowest BCUT2D eigenvalue weighted by Crippen LogP contribution is -2.36. The van der Waals surface area contributed by atoms with Crippen molar-refractivity contribution in [2.45, 2.75) is 39.3 Å². The molecular formula is C16H27FN2O.